The van der Waals surface area contributed by atoms with E-state index >= 15 is 0 Å². The zero-order valence-electron chi connectivity index (χ0n) is 11.2. The lowest BCUT2D eigenvalue weighted by atomic mass is 10.2. The number of hydrogen-bond donors (Lipinski definition) is 1. The van der Waals surface area contributed by atoms with Gasteiger partial charge >= 0.3 is 0 Å². The highest BCUT2D eigenvalue weighted by atomic mass is 35.5. The summed E-state index contributed by atoms with van der Waals surface area (Å²) in [5.41, 5.74) is 0.106. The molecule has 0 saturated heterocycles. The maximum atomic E-state index is 13.7. The topological polar surface area (TPSA) is 89.3 Å². The van der Waals surface area contributed by atoms with Gasteiger partial charge in [-0.1, -0.05) is 17.7 Å². The van der Waals surface area contributed by atoms with Crippen LogP contribution >= 0.6 is 11.6 Å². The van der Waals surface area contributed by atoms with Gasteiger partial charge in [-0.3, -0.25) is 14.8 Å². The molecule has 0 aliphatic heterocycles. The fraction of sp³-hybridized carbons (Fsp3) is 0.0769. The van der Waals surface area contributed by atoms with Crippen LogP contribution in [-0.4, -0.2) is 13.3 Å². The minimum Gasteiger partial charge on any atom is -0.279 e. The lowest BCUT2D eigenvalue weighted by Crippen LogP contribution is -2.14. The van der Waals surface area contributed by atoms with Gasteiger partial charge in [0.1, 0.15) is 10.7 Å². The van der Waals surface area contributed by atoms with E-state index in [1.165, 1.54) is 25.1 Å². The van der Waals surface area contributed by atoms with Gasteiger partial charge in [0, 0.05) is 16.7 Å². The zero-order valence-corrected chi connectivity index (χ0v) is 12.8. The summed E-state index contributed by atoms with van der Waals surface area (Å²) >= 11 is 5.57. The molecule has 9 heteroatoms. The van der Waals surface area contributed by atoms with Crippen molar-refractivity contribution in [2.45, 2.75) is 11.8 Å². The molecule has 0 atom stereocenters. The Morgan fingerprint density at radius 2 is 1.91 bits per heavy atom. The van der Waals surface area contributed by atoms with E-state index in [1.807, 2.05) is 0 Å². The fourth-order valence-corrected chi connectivity index (χ4v) is 3.04. The lowest BCUT2D eigenvalue weighted by Gasteiger charge is -2.09. The number of nitrogens with one attached hydrogen (secondary N) is 1. The van der Waals surface area contributed by atoms with E-state index in [0.717, 1.165) is 18.2 Å². The molecule has 0 bridgehead atoms. The second kappa shape index (κ2) is 5.90. The number of hydrogen-bond acceptors (Lipinski definition) is 4. The maximum Gasteiger partial charge on any atom is 0.274 e. The van der Waals surface area contributed by atoms with Crippen LogP contribution in [0, 0.1) is 22.9 Å². The molecule has 6 nitrogen and oxygen atoms in total. The van der Waals surface area contributed by atoms with E-state index in [2.05, 4.69) is 4.72 Å². The van der Waals surface area contributed by atoms with Gasteiger partial charge in [-0.05, 0) is 31.2 Å². The first-order valence-corrected chi connectivity index (χ1v) is 7.80. The molecule has 1 N–H and O–H groups in total. The molecule has 0 heterocycles. The Labute approximate surface area is 130 Å². The van der Waals surface area contributed by atoms with Crippen LogP contribution in [0.15, 0.2) is 41.3 Å². The molecule has 0 spiro atoms. The van der Waals surface area contributed by atoms with Crippen molar-refractivity contribution in [3.05, 3.63) is 62.9 Å². The number of halogens is 2. The van der Waals surface area contributed by atoms with Gasteiger partial charge in [0.2, 0.25) is 0 Å². The lowest BCUT2D eigenvalue weighted by molar-refractivity contribution is -0.385. The molecule has 0 amide bonds. The molecule has 0 saturated carbocycles. The van der Waals surface area contributed by atoms with Crippen LogP contribution in [0.25, 0.3) is 0 Å². The molecule has 0 fully saturated rings. The summed E-state index contributed by atoms with van der Waals surface area (Å²) in [4.78, 5) is 9.63. The Kier molecular flexibility index (Phi) is 4.34. The maximum absolute atomic E-state index is 13.7. The number of sulfonamides is 1. The Hall–Kier alpha value is -2.19. The third-order valence-electron chi connectivity index (χ3n) is 2.84. The largest absolute Gasteiger partial charge is 0.279 e. The quantitative estimate of drug-likeness (QED) is 0.679. The number of nitrogens with zero attached hydrogens (tertiary/aromatic N) is 1. The standard InChI is InChI=1S/C13H10ClFN2O4S/c1-8-2-4-10(7-12(8)17(18)19)16-22(20,21)13-5-3-9(14)6-11(13)15/h2-7,16H,1H3. The average molecular weight is 345 g/mol. The zero-order chi connectivity index (χ0) is 16.5. The first-order valence-electron chi connectivity index (χ1n) is 5.93. The fourth-order valence-electron chi connectivity index (χ4n) is 1.77. The number of benzene rings is 2. The monoisotopic (exact) mass is 344 g/mol. The Bertz CT molecular complexity index is 855. The average Bonchev–Trinajstić information content (AvgIpc) is 2.39. The van der Waals surface area contributed by atoms with Gasteiger partial charge in [0.15, 0.2) is 0 Å². The van der Waals surface area contributed by atoms with Crippen LogP contribution in [0.2, 0.25) is 5.02 Å². The molecule has 2 rings (SSSR count). The first kappa shape index (κ1) is 16.2. The Balaban J connectivity index is 2.41. The van der Waals surface area contributed by atoms with Gasteiger partial charge in [-0.25, -0.2) is 12.8 Å². The smallest absolute Gasteiger partial charge is 0.274 e. The van der Waals surface area contributed by atoms with Crippen LogP contribution in [0.3, 0.4) is 0 Å². The third kappa shape index (κ3) is 3.34. The minimum absolute atomic E-state index is 0.0355. The van der Waals surface area contributed by atoms with Crippen molar-refractivity contribution in [1.82, 2.24) is 0 Å². The predicted octanol–water partition coefficient (Wildman–Crippen LogP) is 3.50. The third-order valence-corrected chi connectivity index (χ3v) is 4.49. The summed E-state index contributed by atoms with van der Waals surface area (Å²) in [7, 11) is -4.22. The van der Waals surface area contributed by atoms with E-state index < -0.39 is 25.7 Å². The summed E-state index contributed by atoms with van der Waals surface area (Å²) < 4.78 is 40.1. The summed E-state index contributed by atoms with van der Waals surface area (Å²) in [5.74, 6) is -1.01. The van der Waals surface area contributed by atoms with Crippen LogP contribution in [0.5, 0.6) is 0 Å². The van der Waals surface area contributed by atoms with E-state index in [1.54, 1.807) is 0 Å². The molecule has 2 aromatic rings. The van der Waals surface area contributed by atoms with Crippen molar-refractivity contribution in [1.29, 1.82) is 0 Å². The number of nitro groups is 1. The molecular formula is C13H10ClFN2O4S. The van der Waals surface area contributed by atoms with Gasteiger partial charge in [-0.15, -0.1) is 0 Å². The summed E-state index contributed by atoms with van der Waals surface area (Å²) in [5, 5.41) is 10.9. The highest BCUT2D eigenvalue weighted by Crippen LogP contribution is 2.26. The second-order valence-electron chi connectivity index (χ2n) is 4.44. The van der Waals surface area contributed by atoms with Crippen molar-refractivity contribution in [2.75, 3.05) is 4.72 Å². The molecule has 0 radical (unpaired) electrons. The minimum atomic E-state index is -4.22. The van der Waals surface area contributed by atoms with Crippen LogP contribution in [0.1, 0.15) is 5.56 Å². The van der Waals surface area contributed by atoms with E-state index in [0.29, 0.717) is 5.56 Å². The summed E-state index contributed by atoms with van der Waals surface area (Å²) in [6, 6.07) is 6.94. The molecule has 22 heavy (non-hydrogen) atoms. The van der Waals surface area contributed by atoms with Crippen LogP contribution in [-0.2, 0) is 10.0 Å². The van der Waals surface area contributed by atoms with Gasteiger partial charge in [0.25, 0.3) is 15.7 Å². The van der Waals surface area contributed by atoms with E-state index in [-0.39, 0.29) is 16.4 Å². The van der Waals surface area contributed by atoms with Crippen molar-refractivity contribution in [3.8, 4) is 0 Å². The van der Waals surface area contributed by atoms with Crippen molar-refractivity contribution in [2.24, 2.45) is 0 Å². The van der Waals surface area contributed by atoms with E-state index in [4.69, 9.17) is 11.6 Å². The van der Waals surface area contributed by atoms with Crippen LogP contribution < -0.4 is 4.72 Å². The molecule has 0 aliphatic rings. The highest BCUT2D eigenvalue weighted by molar-refractivity contribution is 7.92. The van der Waals surface area contributed by atoms with E-state index in [9.17, 15) is 22.9 Å². The highest BCUT2D eigenvalue weighted by Gasteiger charge is 2.21. The molecule has 0 aromatic heterocycles. The molecule has 0 unspecified atom stereocenters. The molecule has 0 aliphatic carbocycles. The predicted molar refractivity (Wildman–Crippen MR) is 80.1 cm³/mol. The number of rotatable bonds is 4. The SMILES string of the molecule is Cc1ccc(NS(=O)(=O)c2ccc(Cl)cc2F)cc1[N+](=O)[O-]. The first-order chi connectivity index (χ1) is 10.2. The normalized spacial score (nSPS) is 11.2. The molecule has 2 aromatic carbocycles. The van der Waals surface area contributed by atoms with Crippen LogP contribution in [0.4, 0.5) is 15.8 Å². The van der Waals surface area contributed by atoms with Gasteiger partial charge in [-0.2, -0.15) is 0 Å². The van der Waals surface area contributed by atoms with Crippen molar-refractivity contribution < 1.29 is 17.7 Å². The second-order valence-corrected chi connectivity index (χ2v) is 6.53. The van der Waals surface area contributed by atoms with Crippen molar-refractivity contribution >= 4 is 33.0 Å². The number of aryl methyl sites for hydroxylation is 1. The number of nitro benzene ring substituents is 1. The van der Waals surface area contributed by atoms with Crippen molar-refractivity contribution in [3.63, 3.8) is 0 Å². The molecule has 116 valence electrons. The van der Waals surface area contributed by atoms with Gasteiger partial charge < -0.3 is 0 Å². The molecular weight excluding hydrogens is 335 g/mol. The number of anilines is 1. The summed E-state index contributed by atoms with van der Waals surface area (Å²) in [6.07, 6.45) is 0. The Morgan fingerprint density at radius 1 is 1.23 bits per heavy atom. The Morgan fingerprint density at radius 3 is 2.50 bits per heavy atom. The summed E-state index contributed by atoms with van der Waals surface area (Å²) in [6.45, 7) is 1.52. The van der Waals surface area contributed by atoms with Gasteiger partial charge in [0.05, 0.1) is 10.6 Å².